The fraction of sp³-hybridized carbons (Fsp3) is 0.333. The van der Waals surface area contributed by atoms with Gasteiger partial charge in [-0.1, -0.05) is 30.3 Å². The molecule has 1 atom stereocenters. The highest BCUT2D eigenvalue weighted by atomic mass is 16.5. The van der Waals surface area contributed by atoms with Gasteiger partial charge in [-0.25, -0.2) is 9.59 Å². The molecular formula is C12H16N2O4. The Morgan fingerprint density at radius 1 is 1.33 bits per heavy atom. The van der Waals surface area contributed by atoms with E-state index < -0.39 is 18.1 Å². The second-order valence-electron chi connectivity index (χ2n) is 3.65. The number of hydrogen-bond acceptors (Lipinski definition) is 4. The van der Waals surface area contributed by atoms with Gasteiger partial charge in [0.25, 0.3) is 0 Å². The van der Waals surface area contributed by atoms with Crippen LogP contribution in [0.2, 0.25) is 0 Å². The average molecular weight is 252 g/mol. The molecule has 98 valence electrons. The number of carboxylic acid groups (broad SMARTS) is 1. The highest BCUT2D eigenvalue weighted by molar-refractivity contribution is 5.80. The molecule has 0 aromatic heterocycles. The van der Waals surface area contributed by atoms with Gasteiger partial charge in [-0.2, -0.15) is 0 Å². The molecule has 1 amide bonds. The van der Waals surface area contributed by atoms with E-state index in [1.54, 1.807) is 7.05 Å². The number of rotatable bonds is 6. The maximum absolute atomic E-state index is 11.4. The third-order valence-corrected chi connectivity index (χ3v) is 2.21. The Labute approximate surface area is 105 Å². The van der Waals surface area contributed by atoms with E-state index in [9.17, 15) is 9.59 Å². The summed E-state index contributed by atoms with van der Waals surface area (Å²) < 4.78 is 4.91. The Balaban J connectivity index is 2.39. The van der Waals surface area contributed by atoms with Crippen molar-refractivity contribution in [2.24, 2.45) is 0 Å². The van der Waals surface area contributed by atoms with Gasteiger partial charge in [0, 0.05) is 6.54 Å². The van der Waals surface area contributed by atoms with E-state index in [0.717, 1.165) is 5.56 Å². The molecule has 6 nitrogen and oxygen atoms in total. The number of carbonyl (C=O) groups is 2. The van der Waals surface area contributed by atoms with Crippen molar-refractivity contribution in [3.63, 3.8) is 0 Å². The number of alkyl carbamates (subject to hydrolysis) is 1. The molecule has 3 N–H and O–H groups in total. The normalized spacial score (nSPS) is 11.6. The Bertz CT molecular complexity index is 394. The number of carboxylic acids is 1. The van der Waals surface area contributed by atoms with Crippen molar-refractivity contribution in [1.29, 1.82) is 0 Å². The summed E-state index contributed by atoms with van der Waals surface area (Å²) in [7, 11) is 1.60. The van der Waals surface area contributed by atoms with Crippen molar-refractivity contribution >= 4 is 12.1 Å². The van der Waals surface area contributed by atoms with Crippen LogP contribution in [0.4, 0.5) is 4.79 Å². The number of carbonyl (C=O) groups excluding carboxylic acids is 1. The minimum absolute atomic E-state index is 0.110. The fourth-order valence-corrected chi connectivity index (χ4v) is 1.31. The summed E-state index contributed by atoms with van der Waals surface area (Å²) in [5.41, 5.74) is 0.841. The van der Waals surface area contributed by atoms with E-state index in [0.29, 0.717) is 0 Å². The number of aliphatic carboxylic acids is 1. The summed E-state index contributed by atoms with van der Waals surface area (Å²) in [5, 5.41) is 13.8. The summed E-state index contributed by atoms with van der Waals surface area (Å²) in [6.07, 6.45) is -0.749. The summed E-state index contributed by atoms with van der Waals surface area (Å²) in [6.45, 7) is 0.244. The molecule has 1 aromatic carbocycles. The van der Waals surface area contributed by atoms with Gasteiger partial charge in [0.15, 0.2) is 0 Å². The first kappa shape index (κ1) is 14.0. The third-order valence-electron chi connectivity index (χ3n) is 2.21. The number of hydrogen-bond donors (Lipinski definition) is 3. The van der Waals surface area contributed by atoms with Gasteiger partial charge in [0.05, 0.1) is 0 Å². The molecule has 0 heterocycles. The number of ether oxygens (including phenoxy) is 1. The van der Waals surface area contributed by atoms with Crippen LogP contribution in [0.25, 0.3) is 0 Å². The zero-order chi connectivity index (χ0) is 13.4. The zero-order valence-electron chi connectivity index (χ0n) is 10.1. The maximum Gasteiger partial charge on any atom is 0.408 e. The molecule has 0 saturated heterocycles. The van der Waals surface area contributed by atoms with Crippen LogP contribution in [0.3, 0.4) is 0 Å². The lowest BCUT2D eigenvalue weighted by molar-refractivity contribution is -0.139. The van der Waals surface area contributed by atoms with Crippen molar-refractivity contribution in [1.82, 2.24) is 10.6 Å². The first-order valence-corrected chi connectivity index (χ1v) is 5.48. The van der Waals surface area contributed by atoms with E-state index >= 15 is 0 Å². The highest BCUT2D eigenvalue weighted by Gasteiger charge is 2.19. The minimum atomic E-state index is -1.11. The lowest BCUT2D eigenvalue weighted by atomic mass is 10.2. The Morgan fingerprint density at radius 3 is 2.56 bits per heavy atom. The van der Waals surface area contributed by atoms with E-state index in [4.69, 9.17) is 9.84 Å². The van der Waals surface area contributed by atoms with Crippen LogP contribution in [0, 0.1) is 0 Å². The standard InChI is InChI=1S/C12H16N2O4/c1-13-7-10(11(15)16)14-12(17)18-8-9-5-3-2-4-6-9/h2-6,10,13H,7-8H2,1H3,(H,14,17)(H,15,16). The topological polar surface area (TPSA) is 87.7 Å². The zero-order valence-corrected chi connectivity index (χ0v) is 10.1. The van der Waals surface area contributed by atoms with Gasteiger partial charge in [-0.3, -0.25) is 0 Å². The first-order valence-electron chi connectivity index (χ1n) is 5.48. The quantitative estimate of drug-likeness (QED) is 0.689. The fourth-order valence-electron chi connectivity index (χ4n) is 1.31. The van der Waals surface area contributed by atoms with Crippen molar-refractivity contribution in [3.8, 4) is 0 Å². The smallest absolute Gasteiger partial charge is 0.408 e. The largest absolute Gasteiger partial charge is 0.480 e. The Hall–Kier alpha value is -2.08. The number of benzene rings is 1. The monoisotopic (exact) mass is 252 g/mol. The van der Waals surface area contributed by atoms with Gasteiger partial charge in [0.2, 0.25) is 0 Å². The first-order chi connectivity index (χ1) is 8.63. The lowest BCUT2D eigenvalue weighted by Gasteiger charge is -2.13. The SMILES string of the molecule is CNCC(NC(=O)OCc1ccccc1)C(=O)O. The molecule has 0 fully saturated rings. The predicted molar refractivity (Wildman–Crippen MR) is 65.1 cm³/mol. The minimum Gasteiger partial charge on any atom is -0.480 e. The molecule has 0 saturated carbocycles. The summed E-state index contributed by atoms with van der Waals surface area (Å²) >= 11 is 0. The van der Waals surface area contributed by atoms with Crippen molar-refractivity contribution in [3.05, 3.63) is 35.9 Å². The molecule has 0 bridgehead atoms. The van der Waals surface area contributed by atoms with Crippen LogP contribution in [-0.2, 0) is 16.1 Å². The molecular weight excluding hydrogens is 236 g/mol. The molecule has 0 aliphatic rings. The van der Waals surface area contributed by atoms with E-state index in [1.165, 1.54) is 0 Å². The second-order valence-corrected chi connectivity index (χ2v) is 3.65. The Morgan fingerprint density at radius 2 is 2.00 bits per heavy atom. The molecule has 1 rings (SSSR count). The number of amides is 1. The second kappa shape index (κ2) is 7.29. The van der Waals surface area contributed by atoms with E-state index in [1.807, 2.05) is 30.3 Å². The summed E-state index contributed by atoms with van der Waals surface area (Å²) in [6, 6.07) is 8.15. The number of likely N-dealkylation sites (N-methyl/N-ethyl adjacent to an activating group) is 1. The van der Waals surface area contributed by atoms with Crippen LogP contribution < -0.4 is 10.6 Å². The van der Waals surface area contributed by atoms with Crippen molar-refractivity contribution < 1.29 is 19.4 Å². The maximum atomic E-state index is 11.4. The van der Waals surface area contributed by atoms with Gasteiger partial charge in [0.1, 0.15) is 12.6 Å². The van der Waals surface area contributed by atoms with Crippen molar-refractivity contribution in [2.75, 3.05) is 13.6 Å². The Kier molecular flexibility index (Phi) is 5.66. The van der Waals surface area contributed by atoms with Crippen LogP contribution in [0.15, 0.2) is 30.3 Å². The number of nitrogens with one attached hydrogen (secondary N) is 2. The molecule has 18 heavy (non-hydrogen) atoms. The van der Waals surface area contributed by atoms with Gasteiger partial charge >= 0.3 is 12.1 Å². The molecule has 6 heteroatoms. The molecule has 0 aliphatic carbocycles. The molecule has 0 aliphatic heterocycles. The predicted octanol–water partition coefficient (Wildman–Crippen LogP) is 0.585. The van der Waals surface area contributed by atoms with Gasteiger partial charge < -0.3 is 20.5 Å². The van der Waals surface area contributed by atoms with Gasteiger partial charge in [-0.15, -0.1) is 0 Å². The van der Waals surface area contributed by atoms with Crippen LogP contribution in [-0.4, -0.2) is 36.8 Å². The summed E-state index contributed by atoms with van der Waals surface area (Å²) in [4.78, 5) is 22.2. The average Bonchev–Trinajstić information content (AvgIpc) is 2.37. The van der Waals surface area contributed by atoms with Crippen LogP contribution in [0.1, 0.15) is 5.56 Å². The van der Waals surface area contributed by atoms with Crippen LogP contribution >= 0.6 is 0 Å². The van der Waals surface area contributed by atoms with E-state index in [-0.39, 0.29) is 13.2 Å². The molecule has 1 unspecified atom stereocenters. The van der Waals surface area contributed by atoms with Crippen molar-refractivity contribution in [2.45, 2.75) is 12.6 Å². The molecule has 0 spiro atoms. The molecule has 1 aromatic rings. The summed E-state index contributed by atoms with van der Waals surface area (Å²) in [5.74, 6) is -1.11. The van der Waals surface area contributed by atoms with E-state index in [2.05, 4.69) is 10.6 Å². The highest BCUT2D eigenvalue weighted by Crippen LogP contribution is 2.00. The molecule has 0 radical (unpaired) electrons. The van der Waals surface area contributed by atoms with Gasteiger partial charge in [-0.05, 0) is 12.6 Å². The third kappa shape index (κ3) is 4.84. The van der Waals surface area contributed by atoms with Crippen LogP contribution in [0.5, 0.6) is 0 Å². The lowest BCUT2D eigenvalue weighted by Crippen LogP contribution is -2.46.